The van der Waals surface area contributed by atoms with Crippen molar-refractivity contribution < 1.29 is 0 Å². The monoisotopic (exact) mass is 441 g/mol. The maximum atomic E-state index is 4.51. The van der Waals surface area contributed by atoms with Crippen LogP contribution in [0.1, 0.15) is 31.7 Å². The molecule has 0 aliphatic rings. The maximum absolute atomic E-state index is 4.51. The predicted octanol–water partition coefficient (Wildman–Crippen LogP) is 3.06. The molecule has 24 heavy (non-hydrogen) atoms. The topological polar surface area (TPSA) is 54.2 Å². The molecule has 0 spiro atoms. The first-order valence-electron chi connectivity index (χ1n) is 8.39. The Balaban J connectivity index is 0.00000288. The fraction of sp³-hybridized carbons (Fsp3) is 0.444. The van der Waals surface area contributed by atoms with Crippen LogP contribution < -0.4 is 10.6 Å². The van der Waals surface area contributed by atoms with Gasteiger partial charge in [0.05, 0.1) is 0 Å². The molecular formula is C18H28IN5. The average molecular weight is 441 g/mol. The second kappa shape index (κ2) is 11.9. The summed E-state index contributed by atoms with van der Waals surface area (Å²) < 4.78 is 2.20. The van der Waals surface area contributed by atoms with Crippen molar-refractivity contribution in [1.82, 2.24) is 20.2 Å². The van der Waals surface area contributed by atoms with Crippen LogP contribution in [0.15, 0.2) is 47.7 Å². The summed E-state index contributed by atoms with van der Waals surface area (Å²) in [6.07, 6.45) is 5.84. The molecule has 1 aromatic heterocycles. The van der Waals surface area contributed by atoms with Crippen LogP contribution in [0.2, 0.25) is 0 Å². The van der Waals surface area contributed by atoms with Gasteiger partial charge >= 0.3 is 0 Å². The maximum Gasteiger partial charge on any atom is 0.191 e. The van der Waals surface area contributed by atoms with Gasteiger partial charge in [0.15, 0.2) is 5.96 Å². The van der Waals surface area contributed by atoms with Gasteiger partial charge in [0.1, 0.15) is 5.82 Å². The van der Waals surface area contributed by atoms with E-state index in [1.165, 1.54) is 5.56 Å². The van der Waals surface area contributed by atoms with Crippen molar-refractivity contribution in [2.45, 2.75) is 33.2 Å². The van der Waals surface area contributed by atoms with E-state index in [0.717, 1.165) is 50.8 Å². The summed E-state index contributed by atoms with van der Waals surface area (Å²) in [4.78, 5) is 8.99. The molecule has 0 fully saturated rings. The van der Waals surface area contributed by atoms with Crippen LogP contribution in [0.4, 0.5) is 0 Å². The first-order chi connectivity index (χ1) is 11.3. The lowest BCUT2D eigenvalue weighted by Crippen LogP contribution is -2.38. The van der Waals surface area contributed by atoms with Crippen molar-refractivity contribution in [1.29, 1.82) is 0 Å². The summed E-state index contributed by atoms with van der Waals surface area (Å²) in [5.74, 6) is 1.98. The Hall–Kier alpha value is -1.57. The van der Waals surface area contributed by atoms with Crippen molar-refractivity contribution in [2.24, 2.45) is 4.99 Å². The highest BCUT2D eigenvalue weighted by molar-refractivity contribution is 14.0. The van der Waals surface area contributed by atoms with E-state index < -0.39 is 0 Å². The molecule has 0 saturated carbocycles. The number of nitrogens with one attached hydrogen (secondary N) is 2. The number of hydrogen-bond donors (Lipinski definition) is 2. The summed E-state index contributed by atoms with van der Waals surface area (Å²) in [5.41, 5.74) is 1.29. The fourth-order valence-electron chi connectivity index (χ4n) is 2.35. The van der Waals surface area contributed by atoms with Crippen molar-refractivity contribution in [3.05, 3.63) is 54.1 Å². The fourth-order valence-corrected chi connectivity index (χ4v) is 2.35. The van der Waals surface area contributed by atoms with Gasteiger partial charge in [-0.3, -0.25) is 4.99 Å². The Bertz CT molecular complexity index is 594. The molecule has 2 aromatic rings. The number of nitrogens with zero attached hydrogens (tertiary/aromatic N) is 3. The standard InChI is InChI=1S/C18H27N5.HI/c1-3-11-21-18(19-4-2)22-12-10-17-20-13-14-23(17)15-16-8-6-5-7-9-16;/h5-9,13-14H,3-4,10-12,15H2,1-2H3,(H2,19,21,22);1H. The van der Waals surface area contributed by atoms with Gasteiger partial charge in [-0.15, -0.1) is 24.0 Å². The van der Waals surface area contributed by atoms with Crippen LogP contribution >= 0.6 is 24.0 Å². The van der Waals surface area contributed by atoms with Crippen LogP contribution in [-0.4, -0.2) is 35.1 Å². The summed E-state index contributed by atoms with van der Waals surface area (Å²) in [5, 5.41) is 6.63. The first-order valence-corrected chi connectivity index (χ1v) is 8.39. The zero-order valence-electron chi connectivity index (χ0n) is 14.5. The Morgan fingerprint density at radius 2 is 1.96 bits per heavy atom. The van der Waals surface area contributed by atoms with Gasteiger partial charge in [0.25, 0.3) is 0 Å². The molecule has 2 N–H and O–H groups in total. The van der Waals surface area contributed by atoms with Crippen LogP contribution in [0, 0.1) is 0 Å². The third kappa shape index (κ3) is 6.90. The van der Waals surface area contributed by atoms with E-state index in [1.54, 1.807) is 0 Å². The predicted molar refractivity (Wildman–Crippen MR) is 111 cm³/mol. The van der Waals surface area contributed by atoms with Crippen molar-refractivity contribution in [2.75, 3.05) is 19.6 Å². The van der Waals surface area contributed by atoms with Crippen LogP contribution in [0.25, 0.3) is 0 Å². The number of aliphatic imine (C=N–C) groups is 1. The minimum atomic E-state index is 0. The van der Waals surface area contributed by atoms with Crippen molar-refractivity contribution in [3.63, 3.8) is 0 Å². The third-order valence-corrected chi connectivity index (χ3v) is 3.48. The SMILES string of the molecule is CCCN=C(NCC)NCCc1nccn1Cc1ccccc1.I. The largest absolute Gasteiger partial charge is 0.357 e. The summed E-state index contributed by atoms with van der Waals surface area (Å²) in [6.45, 7) is 7.61. The van der Waals surface area contributed by atoms with E-state index >= 15 is 0 Å². The molecule has 1 aromatic carbocycles. The molecule has 0 aliphatic heterocycles. The van der Waals surface area contributed by atoms with Gasteiger partial charge in [-0.2, -0.15) is 0 Å². The normalized spacial score (nSPS) is 11.0. The number of benzene rings is 1. The van der Waals surface area contributed by atoms with E-state index in [2.05, 4.69) is 63.3 Å². The van der Waals surface area contributed by atoms with E-state index in [9.17, 15) is 0 Å². The van der Waals surface area contributed by atoms with E-state index in [-0.39, 0.29) is 24.0 Å². The summed E-state index contributed by atoms with van der Waals surface area (Å²) in [7, 11) is 0. The number of halogens is 1. The molecule has 0 aliphatic carbocycles. The van der Waals surface area contributed by atoms with Gasteiger partial charge in [-0.25, -0.2) is 4.98 Å². The zero-order valence-corrected chi connectivity index (χ0v) is 16.9. The zero-order chi connectivity index (χ0) is 16.3. The molecule has 0 atom stereocenters. The van der Waals surface area contributed by atoms with E-state index in [0.29, 0.717) is 0 Å². The summed E-state index contributed by atoms with van der Waals surface area (Å²) >= 11 is 0. The highest BCUT2D eigenvalue weighted by Gasteiger charge is 2.04. The molecule has 1 heterocycles. The van der Waals surface area contributed by atoms with Crippen LogP contribution in [0.5, 0.6) is 0 Å². The molecule has 0 unspecified atom stereocenters. The highest BCUT2D eigenvalue weighted by Crippen LogP contribution is 2.05. The Morgan fingerprint density at radius 1 is 1.17 bits per heavy atom. The Morgan fingerprint density at radius 3 is 2.67 bits per heavy atom. The highest BCUT2D eigenvalue weighted by atomic mass is 127. The van der Waals surface area contributed by atoms with Crippen molar-refractivity contribution >= 4 is 29.9 Å². The molecule has 132 valence electrons. The first kappa shape index (κ1) is 20.5. The minimum Gasteiger partial charge on any atom is -0.357 e. The lowest BCUT2D eigenvalue weighted by atomic mass is 10.2. The Labute approximate surface area is 162 Å². The van der Waals surface area contributed by atoms with Crippen molar-refractivity contribution in [3.8, 4) is 0 Å². The lowest BCUT2D eigenvalue weighted by Gasteiger charge is -2.12. The van der Waals surface area contributed by atoms with Gasteiger partial charge in [-0.1, -0.05) is 37.3 Å². The van der Waals surface area contributed by atoms with E-state index in [4.69, 9.17) is 0 Å². The number of rotatable bonds is 8. The molecule has 0 amide bonds. The lowest BCUT2D eigenvalue weighted by molar-refractivity contribution is 0.694. The molecule has 6 heteroatoms. The van der Waals surface area contributed by atoms with Crippen LogP contribution in [-0.2, 0) is 13.0 Å². The number of imidazole rings is 1. The second-order valence-corrected chi connectivity index (χ2v) is 5.39. The van der Waals surface area contributed by atoms with Crippen LogP contribution in [0.3, 0.4) is 0 Å². The van der Waals surface area contributed by atoms with E-state index in [1.807, 2.05) is 18.5 Å². The smallest absolute Gasteiger partial charge is 0.191 e. The van der Waals surface area contributed by atoms with Gasteiger partial charge in [0.2, 0.25) is 0 Å². The molecule has 5 nitrogen and oxygen atoms in total. The number of guanidine groups is 1. The minimum absolute atomic E-state index is 0. The third-order valence-electron chi connectivity index (χ3n) is 3.48. The second-order valence-electron chi connectivity index (χ2n) is 5.39. The molecular weight excluding hydrogens is 413 g/mol. The molecule has 0 bridgehead atoms. The number of aromatic nitrogens is 2. The quantitative estimate of drug-likeness (QED) is 0.376. The summed E-state index contributed by atoms with van der Waals surface area (Å²) in [6, 6.07) is 10.5. The number of hydrogen-bond acceptors (Lipinski definition) is 2. The molecule has 0 saturated heterocycles. The van der Waals surface area contributed by atoms with Gasteiger partial charge in [0, 0.05) is 45.0 Å². The molecule has 2 rings (SSSR count). The average Bonchev–Trinajstić information content (AvgIpc) is 3.00. The Kier molecular flexibility index (Phi) is 10.1. The van der Waals surface area contributed by atoms with Gasteiger partial charge < -0.3 is 15.2 Å². The van der Waals surface area contributed by atoms with Gasteiger partial charge in [-0.05, 0) is 18.9 Å². The molecule has 0 radical (unpaired) electrons.